The molecule has 1 aliphatic rings. The van der Waals surface area contributed by atoms with E-state index in [-0.39, 0.29) is 18.0 Å². The average molecular weight is 261 g/mol. The molecule has 0 aliphatic carbocycles. The van der Waals surface area contributed by atoms with Crippen molar-refractivity contribution in [3.05, 3.63) is 34.6 Å². The predicted molar refractivity (Wildman–Crippen MR) is 68.7 cm³/mol. The number of aromatic nitrogens is 3. The zero-order chi connectivity index (χ0) is 13.2. The normalized spacial score (nSPS) is 20.8. The number of ether oxygens (including phenoxy) is 1. The highest BCUT2D eigenvalue weighted by Gasteiger charge is 2.25. The van der Waals surface area contributed by atoms with Gasteiger partial charge in [-0.25, -0.2) is 4.68 Å². The maximum absolute atomic E-state index is 12.2. The number of aliphatic hydroxyl groups is 1. The Morgan fingerprint density at radius 1 is 1.47 bits per heavy atom. The molecule has 1 aromatic heterocycles. The Morgan fingerprint density at radius 3 is 3.11 bits per heavy atom. The van der Waals surface area contributed by atoms with E-state index >= 15 is 0 Å². The first-order valence-electron chi connectivity index (χ1n) is 6.34. The molecular weight excluding hydrogens is 246 g/mol. The molecule has 2 aromatic rings. The van der Waals surface area contributed by atoms with Crippen LogP contribution in [0.3, 0.4) is 0 Å². The number of nitrogens with zero attached hydrogens (tertiary/aromatic N) is 3. The number of fused-ring (bicyclic) bond motifs is 1. The van der Waals surface area contributed by atoms with Crippen molar-refractivity contribution in [1.29, 1.82) is 0 Å². The maximum Gasteiger partial charge on any atom is 0.277 e. The van der Waals surface area contributed by atoms with Crippen molar-refractivity contribution in [3.8, 4) is 0 Å². The van der Waals surface area contributed by atoms with Gasteiger partial charge in [0.15, 0.2) is 0 Å². The topological polar surface area (TPSA) is 77.2 Å². The Morgan fingerprint density at radius 2 is 2.32 bits per heavy atom. The van der Waals surface area contributed by atoms with Crippen molar-refractivity contribution in [2.75, 3.05) is 13.2 Å². The number of aliphatic hydroxyl groups excluding tert-OH is 1. The molecule has 0 radical (unpaired) electrons. The highest BCUT2D eigenvalue weighted by atomic mass is 16.5. The molecule has 0 spiro atoms. The lowest BCUT2D eigenvalue weighted by Crippen LogP contribution is -2.33. The molecule has 1 aliphatic heterocycles. The molecule has 1 fully saturated rings. The van der Waals surface area contributed by atoms with Crippen molar-refractivity contribution in [2.45, 2.75) is 19.1 Å². The largest absolute Gasteiger partial charge is 0.391 e. The molecule has 0 amide bonds. The average Bonchev–Trinajstić information content (AvgIpc) is 2.96. The van der Waals surface area contributed by atoms with Crippen molar-refractivity contribution in [3.63, 3.8) is 0 Å². The molecule has 6 nitrogen and oxygen atoms in total. The lowest BCUT2D eigenvalue weighted by Gasteiger charge is -2.16. The second-order valence-electron chi connectivity index (χ2n) is 4.78. The summed E-state index contributed by atoms with van der Waals surface area (Å²) in [4.78, 5) is 12.2. The van der Waals surface area contributed by atoms with Gasteiger partial charge in [0.25, 0.3) is 5.56 Å². The number of hydrogen-bond donors (Lipinski definition) is 1. The van der Waals surface area contributed by atoms with E-state index in [9.17, 15) is 9.90 Å². The molecule has 6 heteroatoms. The molecule has 0 saturated carbocycles. The quantitative estimate of drug-likeness (QED) is 0.853. The lowest BCUT2D eigenvalue weighted by atomic mass is 10.0. The molecule has 1 saturated heterocycles. The van der Waals surface area contributed by atoms with Gasteiger partial charge in [-0.3, -0.25) is 4.79 Å². The van der Waals surface area contributed by atoms with Gasteiger partial charge < -0.3 is 9.84 Å². The van der Waals surface area contributed by atoms with Crippen LogP contribution < -0.4 is 5.56 Å². The Hall–Kier alpha value is -1.79. The molecule has 0 bridgehead atoms. The number of hydrogen-bond acceptors (Lipinski definition) is 5. The summed E-state index contributed by atoms with van der Waals surface area (Å²) in [7, 11) is 0. The van der Waals surface area contributed by atoms with E-state index in [0.717, 1.165) is 6.42 Å². The smallest absolute Gasteiger partial charge is 0.277 e. The molecule has 1 N–H and O–H groups in total. The van der Waals surface area contributed by atoms with Crippen molar-refractivity contribution in [1.82, 2.24) is 15.0 Å². The maximum atomic E-state index is 12.2. The van der Waals surface area contributed by atoms with Gasteiger partial charge in [-0.1, -0.05) is 17.3 Å². The minimum Gasteiger partial charge on any atom is -0.391 e. The van der Waals surface area contributed by atoms with E-state index in [0.29, 0.717) is 24.1 Å². The summed E-state index contributed by atoms with van der Waals surface area (Å²) < 4.78 is 6.46. The first-order chi connectivity index (χ1) is 9.25. The summed E-state index contributed by atoms with van der Waals surface area (Å²) in [6.07, 6.45) is 0.187. The van der Waals surface area contributed by atoms with Gasteiger partial charge in [0, 0.05) is 12.5 Å². The minimum absolute atomic E-state index is 0.0696. The monoisotopic (exact) mass is 261 g/mol. The van der Waals surface area contributed by atoms with Crippen LogP contribution in [0.1, 0.15) is 6.42 Å². The summed E-state index contributed by atoms with van der Waals surface area (Å²) in [5, 5.41) is 18.5. The molecule has 3 rings (SSSR count). The van der Waals surface area contributed by atoms with Crippen LogP contribution in [0.5, 0.6) is 0 Å². The first kappa shape index (κ1) is 12.3. The summed E-state index contributed by atoms with van der Waals surface area (Å²) in [6, 6.07) is 7.06. The van der Waals surface area contributed by atoms with Crippen molar-refractivity contribution < 1.29 is 9.84 Å². The first-order valence-corrected chi connectivity index (χ1v) is 6.34. The van der Waals surface area contributed by atoms with E-state index in [1.165, 1.54) is 4.68 Å². The fourth-order valence-electron chi connectivity index (χ4n) is 2.33. The predicted octanol–water partition coefficient (Wildman–Crippen LogP) is 0.189. The van der Waals surface area contributed by atoms with Gasteiger partial charge in [-0.05, 0) is 18.6 Å². The second kappa shape index (κ2) is 5.07. The third-order valence-electron chi connectivity index (χ3n) is 3.50. The summed E-state index contributed by atoms with van der Waals surface area (Å²) >= 11 is 0. The van der Waals surface area contributed by atoms with Crippen LogP contribution in [-0.4, -0.2) is 39.4 Å². The Bertz CT molecular complexity index is 634. The van der Waals surface area contributed by atoms with E-state index in [2.05, 4.69) is 10.3 Å². The van der Waals surface area contributed by atoms with Crippen LogP contribution in [0, 0.1) is 5.92 Å². The van der Waals surface area contributed by atoms with E-state index in [4.69, 9.17) is 4.74 Å². The van der Waals surface area contributed by atoms with Gasteiger partial charge in [-0.15, -0.1) is 5.10 Å². The highest BCUT2D eigenvalue weighted by Crippen LogP contribution is 2.17. The molecule has 2 atom stereocenters. The molecule has 19 heavy (non-hydrogen) atoms. The zero-order valence-corrected chi connectivity index (χ0v) is 10.4. The van der Waals surface area contributed by atoms with Crippen LogP contribution in [0.25, 0.3) is 10.9 Å². The highest BCUT2D eigenvalue weighted by molar-refractivity contribution is 5.76. The SMILES string of the molecule is O=c1c2ccccc2nnn1CC(O)C1CCOC1. The molecular formula is C13H15N3O3. The number of benzene rings is 1. The van der Waals surface area contributed by atoms with E-state index in [1.54, 1.807) is 18.2 Å². The van der Waals surface area contributed by atoms with Gasteiger partial charge in [0.2, 0.25) is 0 Å². The van der Waals surface area contributed by atoms with Crippen LogP contribution >= 0.6 is 0 Å². The third-order valence-corrected chi connectivity index (χ3v) is 3.50. The van der Waals surface area contributed by atoms with Gasteiger partial charge in [0.1, 0.15) is 5.52 Å². The van der Waals surface area contributed by atoms with Gasteiger partial charge >= 0.3 is 0 Å². The van der Waals surface area contributed by atoms with E-state index in [1.807, 2.05) is 6.07 Å². The van der Waals surface area contributed by atoms with Crippen molar-refractivity contribution in [2.24, 2.45) is 5.92 Å². The second-order valence-corrected chi connectivity index (χ2v) is 4.78. The van der Waals surface area contributed by atoms with Gasteiger partial charge in [-0.2, -0.15) is 0 Å². The molecule has 1 aromatic carbocycles. The molecule has 2 heterocycles. The molecule has 2 unspecified atom stereocenters. The summed E-state index contributed by atoms with van der Waals surface area (Å²) in [5.74, 6) is 0.0696. The van der Waals surface area contributed by atoms with E-state index < -0.39 is 6.10 Å². The number of rotatable bonds is 3. The fraction of sp³-hybridized carbons (Fsp3) is 0.462. The van der Waals surface area contributed by atoms with Crippen LogP contribution in [0.15, 0.2) is 29.1 Å². The molecule has 100 valence electrons. The van der Waals surface area contributed by atoms with Gasteiger partial charge in [0.05, 0.1) is 24.6 Å². The third kappa shape index (κ3) is 2.36. The van der Waals surface area contributed by atoms with Crippen LogP contribution in [0.4, 0.5) is 0 Å². The Labute approximate surface area is 109 Å². The Kier molecular flexibility index (Phi) is 3.27. The van der Waals surface area contributed by atoms with Crippen molar-refractivity contribution >= 4 is 10.9 Å². The Balaban J connectivity index is 1.88. The standard InChI is InChI=1S/C13H15N3O3/c17-12(9-5-6-19-8-9)7-16-13(18)10-3-1-2-4-11(10)14-15-16/h1-4,9,12,17H,5-8H2. The van der Waals surface area contributed by atoms with Crippen LogP contribution in [0.2, 0.25) is 0 Å². The summed E-state index contributed by atoms with van der Waals surface area (Å²) in [5.41, 5.74) is 0.353. The zero-order valence-electron chi connectivity index (χ0n) is 10.4. The summed E-state index contributed by atoms with van der Waals surface area (Å²) in [6.45, 7) is 1.36. The van der Waals surface area contributed by atoms with Crippen LogP contribution in [-0.2, 0) is 11.3 Å². The minimum atomic E-state index is -0.629. The lowest BCUT2D eigenvalue weighted by molar-refractivity contribution is 0.0729. The fourth-order valence-corrected chi connectivity index (χ4v) is 2.33.